The van der Waals surface area contributed by atoms with Crippen molar-refractivity contribution in [2.45, 2.75) is 6.54 Å². The predicted molar refractivity (Wildman–Crippen MR) is 79.3 cm³/mol. The molecule has 1 aromatic heterocycles. The molecule has 0 saturated carbocycles. The quantitative estimate of drug-likeness (QED) is 0.799. The number of carbonyl (C=O) groups is 1. The SMILES string of the molecule is O=C(NCc1cccc2cccnc12)c1cccc(F)c1. The van der Waals surface area contributed by atoms with E-state index in [9.17, 15) is 9.18 Å². The molecule has 0 aliphatic rings. The van der Waals surface area contributed by atoms with Crippen molar-refractivity contribution < 1.29 is 9.18 Å². The Labute approximate surface area is 121 Å². The van der Waals surface area contributed by atoms with Gasteiger partial charge in [-0.1, -0.05) is 30.3 Å². The first-order chi connectivity index (χ1) is 10.2. The fourth-order valence-corrected chi connectivity index (χ4v) is 2.22. The molecule has 1 N–H and O–H groups in total. The first-order valence-electron chi connectivity index (χ1n) is 6.60. The van der Waals surface area contributed by atoms with Crippen LogP contribution in [0.1, 0.15) is 15.9 Å². The molecule has 0 radical (unpaired) electrons. The highest BCUT2D eigenvalue weighted by molar-refractivity contribution is 5.94. The maximum atomic E-state index is 13.1. The summed E-state index contributed by atoms with van der Waals surface area (Å²) in [4.78, 5) is 16.3. The number of pyridine rings is 1. The number of nitrogens with one attached hydrogen (secondary N) is 1. The normalized spacial score (nSPS) is 10.5. The predicted octanol–water partition coefficient (Wildman–Crippen LogP) is 3.30. The molecule has 104 valence electrons. The van der Waals surface area contributed by atoms with E-state index < -0.39 is 5.82 Å². The van der Waals surface area contributed by atoms with E-state index in [4.69, 9.17) is 0 Å². The first-order valence-corrected chi connectivity index (χ1v) is 6.60. The third-order valence-corrected chi connectivity index (χ3v) is 3.24. The average Bonchev–Trinajstić information content (AvgIpc) is 2.52. The van der Waals surface area contributed by atoms with Crippen LogP contribution >= 0.6 is 0 Å². The second kappa shape index (κ2) is 5.71. The van der Waals surface area contributed by atoms with Crippen molar-refractivity contribution in [1.29, 1.82) is 0 Å². The Bertz CT molecular complexity index is 796. The van der Waals surface area contributed by atoms with Crippen molar-refractivity contribution in [2.75, 3.05) is 0 Å². The molecule has 0 aliphatic carbocycles. The lowest BCUT2D eigenvalue weighted by molar-refractivity contribution is 0.0950. The van der Waals surface area contributed by atoms with Crippen LogP contribution in [0.4, 0.5) is 4.39 Å². The summed E-state index contributed by atoms with van der Waals surface area (Å²) < 4.78 is 13.1. The smallest absolute Gasteiger partial charge is 0.251 e. The number of hydrogen-bond donors (Lipinski definition) is 1. The summed E-state index contributed by atoms with van der Waals surface area (Å²) in [6.07, 6.45) is 1.72. The van der Waals surface area contributed by atoms with Gasteiger partial charge in [0, 0.05) is 23.7 Å². The molecule has 0 aliphatic heterocycles. The molecule has 0 fully saturated rings. The molecule has 0 unspecified atom stereocenters. The first kappa shape index (κ1) is 13.2. The highest BCUT2D eigenvalue weighted by Gasteiger charge is 2.07. The molecule has 1 amide bonds. The van der Waals surface area contributed by atoms with Gasteiger partial charge in [-0.2, -0.15) is 0 Å². The van der Waals surface area contributed by atoms with Crippen LogP contribution in [0.5, 0.6) is 0 Å². The van der Waals surface area contributed by atoms with Crippen LogP contribution in [-0.2, 0) is 6.54 Å². The molecule has 0 bridgehead atoms. The highest BCUT2D eigenvalue weighted by Crippen LogP contribution is 2.15. The van der Waals surface area contributed by atoms with Crippen LogP contribution in [0.15, 0.2) is 60.8 Å². The number of benzene rings is 2. The molecule has 0 saturated heterocycles. The Balaban J connectivity index is 1.79. The van der Waals surface area contributed by atoms with Crippen molar-refractivity contribution in [3.8, 4) is 0 Å². The Kier molecular flexibility index (Phi) is 3.60. The molecule has 21 heavy (non-hydrogen) atoms. The van der Waals surface area contributed by atoms with Gasteiger partial charge in [-0.25, -0.2) is 4.39 Å². The molecule has 0 atom stereocenters. The molecule has 1 heterocycles. The zero-order valence-electron chi connectivity index (χ0n) is 11.2. The number of carbonyl (C=O) groups excluding carboxylic acids is 1. The van der Waals surface area contributed by atoms with E-state index in [0.29, 0.717) is 12.1 Å². The minimum Gasteiger partial charge on any atom is -0.348 e. The summed E-state index contributed by atoms with van der Waals surface area (Å²) >= 11 is 0. The highest BCUT2D eigenvalue weighted by atomic mass is 19.1. The van der Waals surface area contributed by atoms with Crippen LogP contribution in [-0.4, -0.2) is 10.9 Å². The van der Waals surface area contributed by atoms with E-state index >= 15 is 0 Å². The number of nitrogens with zero attached hydrogens (tertiary/aromatic N) is 1. The van der Waals surface area contributed by atoms with E-state index in [-0.39, 0.29) is 5.91 Å². The minimum atomic E-state index is -0.422. The van der Waals surface area contributed by atoms with Gasteiger partial charge in [-0.05, 0) is 29.8 Å². The third-order valence-electron chi connectivity index (χ3n) is 3.24. The number of aromatic nitrogens is 1. The Morgan fingerprint density at radius 3 is 2.76 bits per heavy atom. The Morgan fingerprint density at radius 2 is 1.90 bits per heavy atom. The zero-order valence-corrected chi connectivity index (χ0v) is 11.2. The summed E-state index contributed by atoms with van der Waals surface area (Å²) in [7, 11) is 0. The van der Waals surface area contributed by atoms with Gasteiger partial charge in [0.1, 0.15) is 5.82 Å². The summed E-state index contributed by atoms with van der Waals surface area (Å²) in [6.45, 7) is 0.351. The van der Waals surface area contributed by atoms with Crippen LogP contribution in [0.3, 0.4) is 0 Å². The summed E-state index contributed by atoms with van der Waals surface area (Å²) in [5.74, 6) is -0.725. The zero-order chi connectivity index (χ0) is 14.7. The topological polar surface area (TPSA) is 42.0 Å². The van der Waals surface area contributed by atoms with Gasteiger partial charge >= 0.3 is 0 Å². The Hall–Kier alpha value is -2.75. The van der Waals surface area contributed by atoms with E-state index in [2.05, 4.69) is 10.3 Å². The number of para-hydroxylation sites is 1. The number of hydrogen-bond acceptors (Lipinski definition) is 2. The second-order valence-corrected chi connectivity index (χ2v) is 4.69. The standard InChI is InChI=1S/C17H13FN2O/c18-15-8-2-5-13(10-15)17(21)20-11-14-6-1-4-12-7-3-9-19-16(12)14/h1-10H,11H2,(H,20,21). The summed E-state index contributed by atoms with van der Waals surface area (Å²) in [6, 6.07) is 15.3. The lowest BCUT2D eigenvalue weighted by Gasteiger charge is -2.08. The molecule has 0 spiro atoms. The van der Waals surface area contributed by atoms with Gasteiger partial charge in [0.2, 0.25) is 0 Å². The number of fused-ring (bicyclic) bond motifs is 1. The summed E-state index contributed by atoms with van der Waals surface area (Å²) in [5, 5.41) is 3.81. The molecular weight excluding hydrogens is 267 g/mol. The van der Waals surface area contributed by atoms with E-state index in [0.717, 1.165) is 16.5 Å². The number of rotatable bonds is 3. The fraction of sp³-hybridized carbons (Fsp3) is 0.0588. The van der Waals surface area contributed by atoms with Gasteiger partial charge < -0.3 is 5.32 Å². The molecule has 2 aromatic carbocycles. The van der Waals surface area contributed by atoms with E-state index in [1.54, 1.807) is 12.3 Å². The largest absolute Gasteiger partial charge is 0.348 e. The number of amides is 1. The van der Waals surface area contributed by atoms with Crippen molar-refractivity contribution in [3.63, 3.8) is 0 Å². The van der Waals surface area contributed by atoms with Crippen molar-refractivity contribution in [3.05, 3.63) is 77.7 Å². The molecule has 3 aromatic rings. The summed E-state index contributed by atoms with van der Waals surface area (Å²) in [5.41, 5.74) is 2.10. The lowest BCUT2D eigenvalue weighted by Crippen LogP contribution is -2.23. The molecule has 3 nitrogen and oxygen atoms in total. The van der Waals surface area contributed by atoms with Crippen LogP contribution in [0, 0.1) is 5.82 Å². The fourth-order valence-electron chi connectivity index (χ4n) is 2.22. The molecule has 3 rings (SSSR count). The maximum Gasteiger partial charge on any atom is 0.251 e. The third kappa shape index (κ3) is 2.89. The van der Waals surface area contributed by atoms with Crippen molar-refractivity contribution >= 4 is 16.8 Å². The van der Waals surface area contributed by atoms with Crippen molar-refractivity contribution in [2.24, 2.45) is 0 Å². The second-order valence-electron chi connectivity index (χ2n) is 4.69. The van der Waals surface area contributed by atoms with Gasteiger partial charge in [0.05, 0.1) is 5.52 Å². The molecule has 4 heteroatoms. The minimum absolute atomic E-state index is 0.303. The number of halogens is 1. The van der Waals surface area contributed by atoms with Gasteiger partial charge in [0.15, 0.2) is 0 Å². The van der Waals surface area contributed by atoms with Crippen molar-refractivity contribution in [1.82, 2.24) is 10.3 Å². The van der Waals surface area contributed by atoms with Gasteiger partial charge in [0.25, 0.3) is 5.91 Å². The van der Waals surface area contributed by atoms with Crippen LogP contribution in [0.2, 0.25) is 0 Å². The monoisotopic (exact) mass is 280 g/mol. The van der Waals surface area contributed by atoms with E-state index in [1.165, 1.54) is 18.2 Å². The Morgan fingerprint density at radius 1 is 1.10 bits per heavy atom. The maximum absolute atomic E-state index is 13.1. The van der Waals surface area contributed by atoms with Crippen LogP contribution in [0.25, 0.3) is 10.9 Å². The van der Waals surface area contributed by atoms with Crippen LogP contribution < -0.4 is 5.32 Å². The van der Waals surface area contributed by atoms with E-state index in [1.807, 2.05) is 30.3 Å². The van der Waals surface area contributed by atoms with Gasteiger partial charge in [-0.3, -0.25) is 9.78 Å². The molecular formula is C17H13FN2O. The van der Waals surface area contributed by atoms with Gasteiger partial charge in [-0.15, -0.1) is 0 Å². The lowest BCUT2D eigenvalue weighted by atomic mass is 10.1. The average molecular weight is 280 g/mol.